The van der Waals surface area contributed by atoms with Crippen LogP contribution in [-0.2, 0) is 13.6 Å². The topological polar surface area (TPSA) is 111 Å². The molecule has 0 spiro atoms. The number of fused-ring (bicyclic) bond motifs is 5. The number of imidazole rings is 1. The van der Waals surface area contributed by atoms with Gasteiger partial charge in [-0.25, -0.2) is 4.98 Å². The van der Waals surface area contributed by atoms with Crippen LogP contribution in [0.15, 0.2) is 65.5 Å². The number of nitrogens with one attached hydrogen (secondary N) is 1. The Morgan fingerprint density at radius 1 is 1.02 bits per heavy atom. The van der Waals surface area contributed by atoms with Crippen molar-refractivity contribution >= 4 is 38.7 Å². The standard InChI is InChI=1S/C38H38N6O3/c1-20-12-34(45)40-28-10-8-22(13-27(20)28)23-6-7-24-16-32(43(31(24)15-23)18-21-4-5-21)37-41-29-14-26(17-33(47-3)36(29)42(37)2)38(46)44-19-25-9-11-30(44)35(25)39/h6-8,10,12-17,21,25,30,35H,4-5,9,11,18-19,39H2,1-3H3,(H,40,45). The highest BCUT2D eigenvalue weighted by Gasteiger charge is 2.47. The van der Waals surface area contributed by atoms with Crippen LogP contribution in [0.2, 0.25) is 0 Å². The van der Waals surface area contributed by atoms with E-state index in [0.29, 0.717) is 23.1 Å². The van der Waals surface area contributed by atoms with E-state index in [1.54, 1.807) is 13.2 Å². The summed E-state index contributed by atoms with van der Waals surface area (Å²) >= 11 is 0. The average Bonchev–Trinajstić information content (AvgIpc) is 3.47. The molecule has 9 nitrogen and oxygen atoms in total. The molecule has 0 radical (unpaired) electrons. The van der Waals surface area contributed by atoms with Gasteiger partial charge in [-0.15, -0.1) is 0 Å². The molecule has 3 aliphatic rings. The number of hydrogen-bond acceptors (Lipinski definition) is 5. The predicted octanol–water partition coefficient (Wildman–Crippen LogP) is 5.99. The third kappa shape index (κ3) is 4.43. The fourth-order valence-corrected chi connectivity index (χ4v) is 8.24. The number of methoxy groups -OCH3 is 1. The van der Waals surface area contributed by atoms with E-state index in [9.17, 15) is 9.59 Å². The number of ether oxygens (including phenoxy) is 1. The molecule has 2 saturated carbocycles. The summed E-state index contributed by atoms with van der Waals surface area (Å²) in [4.78, 5) is 35.9. The Kier molecular flexibility index (Phi) is 6.21. The molecule has 3 N–H and O–H groups in total. The average molecular weight is 627 g/mol. The molecule has 3 aromatic heterocycles. The fraction of sp³-hybridized carbons (Fsp3) is 0.342. The lowest BCUT2D eigenvalue weighted by molar-refractivity contribution is 0.0700. The molecule has 4 heterocycles. The summed E-state index contributed by atoms with van der Waals surface area (Å²) in [6, 6.07) is 20.7. The molecule has 3 fully saturated rings. The minimum atomic E-state index is -0.0832. The molecule has 47 heavy (non-hydrogen) atoms. The van der Waals surface area contributed by atoms with Crippen LogP contribution < -0.4 is 16.0 Å². The number of amides is 1. The Bertz CT molecular complexity index is 2330. The Balaban J connectivity index is 1.15. The van der Waals surface area contributed by atoms with Gasteiger partial charge in [-0.05, 0) is 97.5 Å². The second kappa shape index (κ2) is 10.3. The van der Waals surface area contributed by atoms with E-state index < -0.39 is 0 Å². The number of H-pyrrole nitrogens is 1. The molecule has 9 heteroatoms. The van der Waals surface area contributed by atoms with Crippen molar-refractivity contribution in [2.45, 2.75) is 51.2 Å². The number of nitrogens with zero attached hydrogens (tertiary/aromatic N) is 4. The molecule has 1 saturated heterocycles. The van der Waals surface area contributed by atoms with Gasteiger partial charge in [0.25, 0.3) is 5.91 Å². The van der Waals surface area contributed by atoms with Gasteiger partial charge in [0.05, 0.1) is 18.3 Å². The van der Waals surface area contributed by atoms with Gasteiger partial charge in [0.1, 0.15) is 11.3 Å². The van der Waals surface area contributed by atoms with Gasteiger partial charge in [-0.3, -0.25) is 9.59 Å². The number of nitrogens with two attached hydrogens (primary N) is 1. The van der Waals surface area contributed by atoms with Gasteiger partial charge in [0, 0.05) is 65.7 Å². The molecule has 3 aromatic carbocycles. The van der Waals surface area contributed by atoms with Gasteiger partial charge in [-0.2, -0.15) is 0 Å². The second-order valence-corrected chi connectivity index (χ2v) is 13.9. The first-order chi connectivity index (χ1) is 22.8. The van der Waals surface area contributed by atoms with E-state index in [-0.39, 0.29) is 23.6 Å². The highest BCUT2D eigenvalue weighted by molar-refractivity contribution is 6.01. The molecule has 238 valence electrons. The number of piperidine rings is 1. The Hall–Kier alpha value is -4.89. The van der Waals surface area contributed by atoms with Gasteiger partial charge in [-0.1, -0.05) is 18.2 Å². The van der Waals surface area contributed by atoms with Crippen molar-refractivity contribution < 1.29 is 9.53 Å². The number of benzene rings is 3. The number of aryl methyl sites for hydroxylation is 2. The van der Waals surface area contributed by atoms with Crippen molar-refractivity contribution in [1.29, 1.82) is 0 Å². The second-order valence-electron chi connectivity index (χ2n) is 13.9. The maximum absolute atomic E-state index is 13.8. The maximum atomic E-state index is 13.8. The molecule has 1 amide bonds. The third-order valence-corrected chi connectivity index (χ3v) is 11.0. The summed E-state index contributed by atoms with van der Waals surface area (Å²) in [7, 11) is 3.68. The molecule has 2 bridgehead atoms. The molecule has 6 aromatic rings. The van der Waals surface area contributed by atoms with Crippen LogP contribution in [0.3, 0.4) is 0 Å². The van der Waals surface area contributed by atoms with E-state index in [2.05, 4.69) is 50.5 Å². The zero-order valence-corrected chi connectivity index (χ0v) is 26.9. The van der Waals surface area contributed by atoms with Crippen molar-refractivity contribution in [3.05, 3.63) is 82.1 Å². The zero-order valence-electron chi connectivity index (χ0n) is 26.9. The normalized spacial score (nSPS) is 20.7. The number of aromatic amines is 1. The number of rotatable bonds is 6. The fourth-order valence-electron chi connectivity index (χ4n) is 8.24. The third-order valence-electron chi connectivity index (χ3n) is 11.0. The van der Waals surface area contributed by atoms with Crippen LogP contribution in [0.1, 0.15) is 41.6 Å². The Labute approximate surface area is 271 Å². The molecular formula is C38H38N6O3. The van der Waals surface area contributed by atoms with Crippen molar-refractivity contribution in [1.82, 2.24) is 24.0 Å². The van der Waals surface area contributed by atoms with Crippen LogP contribution in [0.5, 0.6) is 5.75 Å². The lowest BCUT2D eigenvalue weighted by Crippen LogP contribution is -2.41. The molecular weight excluding hydrogens is 588 g/mol. The lowest BCUT2D eigenvalue weighted by Gasteiger charge is -2.27. The number of aromatic nitrogens is 4. The van der Waals surface area contributed by atoms with E-state index >= 15 is 0 Å². The van der Waals surface area contributed by atoms with Gasteiger partial charge in [0.2, 0.25) is 5.56 Å². The smallest absolute Gasteiger partial charge is 0.254 e. The molecule has 9 rings (SSSR count). The highest BCUT2D eigenvalue weighted by Crippen LogP contribution is 2.41. The van der Waals surface area contributed by atoms with Gasteiger partial charge in [0.15, 0.2) is 5.82 Å². The Morgan fingerprint density at radius 3 is 2.57 bits per heavy atom. The summed E-state index contributed by atoms with van der Waals surface area (Å²) in [6.07, 6.45) is 4.52. The number of hydrogen-bond donors (Lipinski definition) is 2. The Morgan fingerprint density at radius 2 is 1.83 bits per heavy atom. The van der Waals surface area contributed by atoms with E-state index in [0.717, 1.165) is 87.0 Å². The number of pyridine rings is 1. The molecule has 2 aliphatic carbocycles. The van der Waals surface area contributed by atoms with E-state index in [1.165, 1.54) is 12.8 Å². The zero-order chi connectivity index (χ0) is 32.1. The van der Waals surface area contributed by atoms with Crippen LogP contribution >= 0.6 is 0 Å². The number of carbonyl (C=O) groups excluding carboxylic acids is 1. The first kappa shape index (κ1) is 28.3. The minimum absolute atomic E-state index is 0.00525. The predicted molar refractivity (Wildman–Crippen MR) is 185 cm³/mol. The van der Waals surface area contributed by atoms with Crippen LogP contribution in [0, 0.1) is 18.8 Å². The summed E-state index contributed by atoms with van der Waals surface area (Å²) in [5.41, 5.74) is 14.8. The van der Waals surface area contributed by atoms with Crippen LogP contribution in [-0.4, -0.2) is 55.6 Å². The summed E-state index contributed by atoms with van der Waals surface area (Å²) < 4.78 is 10.4. The monoisotopic (exact) mass is 626 g/mol. The van der Waals surface area contributed by atoms with Crippen molar-refractivity contribution in [2.75, 3.05) is 13.7 Å². The first-order valence-corrected chi connectivity index (χ1v) is 16.7. The van der Waals surface area contributed by atoms with Gasteiger partial charge >= 0.3 is 0 Å². The van der Waals surface area contributed by atoms with Crippen LogP contribution in [0.25, 0.3) is 55.5 Å². The summed E-state index contributed by atoms with van der Waals surface area (Å²) in [5, 5.41) is 2.20. The molecule has 3 unspecified atom stereocenters. The van der Waals surface area contributed by atoms with E-state index in [4.69, 9.17) is 15.5 Å². The SMILES string of the molecule is COc1cc(C(=O)N2CC3CCC2C3N)cc2nc(-c3cc4ccc(-c5ccc6[nH]c(=O)cc(C)c6c5)cc4n3CC3CC3)n(C)c12. The van der Waals surface area contributed by atoms with Gasteiger partial charge < -0.3 is 29.5 Å². The van der Waals surface area contributed by atoms with E-state index in [1.807, 2.05) is 37.1 Å². The highest BCUT2D eigenvalue weighted by atomic mass is 16.5. The van der Waals surface area contributed by atoms with Crippen molar-refractivity contribution in [3.63, 3.8) is 0 Å². The van der Waals surface area contributed by atoms with Crippen LogP contribution in [0.4, 0.5) is 0 Å². The maximum Gasteiger partial charge on any atom is 0.254 e. The first-order valence-electron chi connectivity index (χ1n) is 16.7. The molecule has 3 atom stereocenters. The quantitative estimate of drug-likeness (QED) is 0.236. The largest absolute Gasteiger partial charge is 0.494 e. The number of likely N-dealkylation sites (tertiary alicyclic amines) is 1. The summed E-state index contributed by atoms with van der Waals surface area (Å²) in [5.74, 6) is 2.52. The number of carbonyl (C=O) groups is 1. The lowest BCUT2D eigenvalue weighted by atomic mass is 10.0. The van der Waals surface area contributed by atoms with Crippen molar-refractivity contribution in [2.24, 2.45) is 24.6 Å². The van der Waals surface area contributed by atoms with Crippen molar-refractivity contribution in [3.8, 4) is 28.4 Å². The minimum Gasteiger partial charge on any atom is -0.494 e. The molecule has 1 aliphatic heterocycles. The summed E-state index contributed by atoms with van der Waals surface area (Å²) in [6.45, 7) is 3.62.